The van der Waals surface area contributed by atoms with Gasteiger partial charge in [-0.3, -0.25) is 10.1 Å². The van der Waals surface area contributed by atoms with Crippen LogP contribution in [0.1, 0.15) is 13.3 Å². The number of nitro benzene ring substituents is 1. The molecule has 0 spiro atoms. The van der Waals surface area contributed by atoms with Gasteiger partial charge in [0.05, 0.1) is 4.92 Å². The molecule has 0 bridgehead atoms. The molecule has 0 radical (unpaired) electrons. The van der Waals surface area contributed by atoms with Crippen LogP contribution in [0, 0.1) is 10.1 Å². The molecule has 0 aliphatic carbocycles. The van der Waals surface area contributed by atoms with Crippen molar-refractivity contribution in [1.82, 2.24) is 0 Å². The van der Waals surface area contributed by atoms with E-state index in [-0.39, 0.29) is 11.4 Å². The highest BCUT2D eigenvalue weighted by Crippen LogP contribution is 2.31. The van der Waals surface area contributed by atoms with Crippen molar-refractivity contribution in [2.24, 2.45) is 0 Å². The Bertz CT molecular complexity index is 478. The van der Waals surface area contributed by atoms with Gasteiger partial charge in [0.2, 0.25) is 0 Å². The molecule has 98 valence electrons. The summed E-state index contributed by atoms with van der Waals surface area (Å²) in [7, 11) is 1.54. The van der Waals surface area contributed by atoms with Crippen LogP contribution < -0.4 is 4.90 Å². The molecule has 1 atom stereocenters. The van der Waals surface area contributed by atoms with Gasteiger partial charge in [-0.25, -0.2) is 4.79 Å². The summed E-state index contributed by atoms with van der Waals surface area (Å²) in [5.74, 6) is -1.00. The molecule has 0 amide bonds. The molecule has 0 aromatic heterocycles. The van der Waals surface area contributed by atoms with E-state index >= 15 is 0 Å². The number of benzene rings is 1. The number of rotatable bonds is 5. The van der Waals surface area contributed by atoms with Gasteiger partial charge in [0.1, 0.15) is 11.7 Å². The smallest absolute Gasteiger partial charge is 0.326 e. The lowest BCUT2D eigenvalue weighted by Crippen LogP contribution is -2.38. The van der Waals surface area contributed by atoms with Gasteiger partial charge in [0.25, 0.3) is 5.69 Å². The zero-order valence-corrected chi connectivity index (χ0v) is 11.5. The van der Waals surface area contributed by atoms with Crippen molar-refractivity contribution in [3.63, 3.8) is 0 Å². The maximum atomic E-state index is 11.1. The van der Waals surface area contributed by atoms with Crippen molar-refractivity contribution in [2.75, 3.05) is 11.9 Å². The molecular weight excluding hydrogens is 304 g/mol. The van der Waals surface area contributed by atoms with Crippen molar-refractivity contribution in [2.45, 2.75) is 19.4 Å². The number of carbonyl (C=O) groups is 1. The lowest BCUT2D eigenvalue weighted by atomic mass is 10.1. The van der Waals surface area contributed by atoms with E-state index in [9.17, 15) is 14.9 Å². The van der Waals surface area contributed by atoms with Crippen molar-refractivity contribution >= 4 is 33.3 Å². The second-order valence-electron chi connectivity index (χ2n) is 3.76. The van der Waals surface area contributed by atoms with Crippen LogP contribution in [-0.4, -0.2) is 29.1 Å². The molecule has 1 aromatic rings. The summed E-state index contributed by atoms with van der Waals surface area (Å²) in [6.07, 6.45) is 0.360. The first-order valence-electron chi connectivity index (χ1n) is 5.28. The zero-order chi connectivity index (χ0) is 13.9. The van der Waals surface area contributed by atoms with Crippen molar-refractivity contribution in [3.8, 4) is 0 Å². The quantitative estimate of drug-likeness (QED) is 0.667. The van der Waals surface area contributed by atoms with Gasteiger partial charge in [0, 0.05) is 17.6 Å². The summed E-state index contributed by atoms with van der Waals surface area (Å²) in [5, 5.41) is 20.0. The standard InChI is InChI=1S/C11H13BrN2O4/c1-3-8(11(15)16)13(2)9-5-4-7(12)6-10(9)14(17)18/h4-6,8H,3H2,1-2H3,(H,15,16). The molecule has 0 fully saturated rings. The normalized spacial score (nSPS) is 11.9. The first kappa shape index (κ1) is 14.4. The molecule has 7 heteroatoms. The highest BCUT2D eigenvalue weighted by atomic mass is 79.9. The average Bonchev–Trinajstić information content (AvgIpc) is 2.28. The predicted octanol–water partition coefficient (Wildman–Crippen LogP) is 2.66. The molecule has 1 unspecified atom stereocenters. The number of carboxylic acids is 1. The van der Waals surface area contributed by atoms with Crippen LogP contribution in [0.15, 0.2) is 22.7 Å². The fraction of sp³-hybridized carbons (Fsp3) is 0.364. The maximum Gasteiger partial charge on any atom is 0.326 e. The van der Waals surface area contributed by atoms with Crippen LogP contribution in [0.4, 0.5) is 11.4 Å². The fourth-order valence-electron chi connectivity index (χ4n) is 1.72. The largest absolute Gasteiger partial charge is 0.480 e. The Hall–Kier alpha value is -1.63. The monoisotopic (exact) mass is 316 g/mol. The van der Waals surface area contributed by atoms with Gasteiger partial charge in [-0.05, 0) is 18.6 Å². The number of likely N-dealkylation sites (N-methyl/N-ethyl adjacent to an activating group) is 1. The first-order valence-corrected chi connectivity index (χ1v) is 6.07. The minimum atomic E-state index is -1.00. The van der Waals surface area contributed by atoms with Gasteiger partial charge in [0.15, 0.2) is 0 Å². The van der Waals surface area contributed by atoms with Gasteiger partial charge in [-0.2, -0.15) is 0 Å². The van der Waals surface area contributed by atoms with E-state index in [1.807, 2.05) is 0 Å². The van der Waals surface area contributed by atoms with Crippen molar-refractivity contribution in [3.05, 3.63) is 32.8 Å². The van der Waals surface area contributed by atoms with Crippen LogP contribution >= 0.6 is 15.9 Å². The number of anilines is 1. The zero-order valence-electron chi connectivity index (χ0n) is 9.96. The predicted molar refractivity (Wildman–Crippen MR) is 70.9 cm³/mol. The van der Waals surface area contributed by atoms with E-state index in [0.29, 0.717) is 10.9 Å². The second kappa shape index (κ2) is 5.81. The second-order valence-corrected chi connectivity index (χ2v) is 4.68. The Morgan fingerprint density at radius 1 is 1.61 bits per heavy atom. The van der Waals surface area contributed by atoms with Crippen LogP contribution in [-0.2, 0) is 4.79 Å². The van der Waals surface area contributed by atoms with Crippen molar-refractivity contribution in [1.29, 1.82) is 0 Å². The van der Waals surface area contributed by atoms with E-state index in [1.165, 1.54) is 17.0 Å². The Morgan fingerprint density at radius 3 is 2.67 bits per heavy atom. The molecule has 1 N–H and O–H groups in total. The number of nitrogens with zero attached hydrogens (tertiary/aromatic N) is 2. The van der Waals surface area contributed by atoms with Crippen LogP contribution in [0.5, 0.6) is 0 Å². The minimum absolute atomic E-state index is 0.119. The minimum Gasteiger partial charge on any atom is -0.480 e. The summed E-state index contributed by atoms with van der Waals surface area (Å²) >= 11 is 3.16. The topological polar surface area (TPSA) is 83.7 Å². The Kier molecular flexibility index (Phi) is 4.66. The summed E-state index contributed by atoms with van der Waals surface area (Å²) < 4.78 is 0.578. The van der Waals surface area contributed by atoms with Gasteiger partial charge < -0.3 is 10.0 Å². The molecule has 1 rings (SSSR count). The third-order valence-corrected chi connectivity index (χ3v) is 3.15. The molecule has 0 saturated carbocycles. The number of aliphatic carboxylic acids is 1. The lowest BCUT2D eigenvalue weighted by Gasteiger charge is -2.25. The maximum absolute atomic E-state index is 11.1. The van der Waals surface area contributed by atoms with E-state index in [1.54, 1.807) is 20.0 Å². The van der Waals surface area contributed by atoms with Gasteiger partial charge in [-0.1, -0.05) is 22.9 Å². The number of hydrogen-bond acceptors (Lipinski definition) is 4. The lowest BCUT2D eigenvalue weighted by molar-refractivity contribution is -0.384. The molecule has 18 heavy (non-hydrogen) atoms. The van der Waals surface area contributed by atoms with E-state index in [4.69, 9.17) is 5.11 Å². The summed E-state index contributed by atoms with van der Waals surface area (Å²) in [6.45, 7) is 1.72. The third kappa shape index (κ3) is 2.98. The highest BCUT2D eigenvalue weighted by Gasteiger charge is 2.26. The molecule has 6 nitrogen and oxygen atoms in total. The molecule has 0 saturated heterocycles. The number of halogens is 1. The van der Waals surface area contributed by atoms with E-state index in [0.717, 1.165) is 0 Å². The van der Waals surface area contributed by atoms with Crippen molar-refractivity contribution < 1.29 is 14.8 Å². The fourth-order valence-corrected chi connectivity index (χ4v) is 2.07. The average molecular weight is 317 g/mol. The summed E-state index contributed by atoms with van der Waals surface area (Å²) in [6, 6.07) is 3.76. The third-order valence-electron chi connectivity index (χ3n) is 2.65. The molecule has 0 aliphatic heterocycles. The van der Waals surface area contributed by atoms with E-state index < -0.39 is 16.9 Å². The summed E-state index contributed by atoms with van der Waals surface area (Å²) in [4.78, 5) is 22.9. The van der Waals surface area contributed by atoms with E-state index in [2.05, 4.69) is 15.9 Å². The number of nitro groups is 1. The van der Waals surface area contributed by atoms with Gasteiger partial charge in [-0.15, -0.1) is 0 Å². The molecule has 1 aromatic carbocycles. The highest BCUT2D eigenvalue weighted by molar-refractivity contribution is 9.10. The number of carboxylic acid groups (broad SMARTS) is 1. The number of hydrogen-bond donors (Lipinski definition) is 1. The molecule has 0 heterocycles. The van der Waals surface area contributed by atoms with Crippen LogP contribution in [0.25, 0.3) is 0 Å². The Labute approximate surface area is 112 Å². The van der Waals surface area contributed by atoms with Crippen LogP contribution in [0.3, 0.4) is 0 Å². The summed E-state index contributed by atoms with van der Waals surface area (Å²) in [5.41, 5.74) is 0.170. The Balaban J connectivity index is 3.23. The molecule has 0 aliphatic rings. The Morgan fingerprint density at radius 2 is 2.22 bits per heavy atom. The van der Waals surface area contributed by atoms with Crippen LogP contribution in [0.2, 0.25) is 0 Å². The first-order chi connectivity index (χ1) is 8.38. The van der Waals surface area contributed by atoms with Gasteiger partial charge >= 0.3 is 5.97 Å². The molecular formula is C11H13BrN2O4. The SMILES string of the molecule is CCC(C(=O)O)N(C)c1ccc(Br)cc1[N+](=O)[O-].